The van der Waals surface area contributed by atoms with E-state index in [0.717, 1.165) is 29.5 Å². The average Bonchev–Trinajstić information content (AvgIpc) is 3.39. The Morgan fingerprint density at radius 1 is 0.946 bits per heavy atom. The van der Waals surface area contributed by atoms with Gasteiger partial charge in [0, 0.05) is 31.0 Å². The lowest BCUT2D eigenvalue weighted by Gasteiger charge is -2.31. The van der Waals surface area contributed by atoms with Gasteiger partial charge < -0.3 is 19.7 Å². The Balaban J connectivity index is 1.57. The monoisotopic (exact) mass is 520 g/mol. The van der Waals surface area contributed by atoms with E-state index in [1.807, 2.05) is 60.7 Å². The fourth-order valence-corrected chi connectivity index (χ4v) is 4.46. The van der Waals surface area contributed by atoms with Gasteiger partial charge in [0.25, 0.3) is 0 Å². The number of hydrogen-bond donors (Lipinski definition) is 1. The fraction of sp³-hybridized carbons (Fsp3) is 0.333. The van der Waals surface area contributed by atoms with Crippen molar-refractivity contribution in [3.63, 3.8) is 0 Å². The first kappa shape index (κ1) is 26.6. The van der Waals surface area contributed by atoms with Gasteiger partial charge in [-0.15, -0.1) is 0 Å². The average molecular weight is 521 g/mol. The molecule has 0 saturated heterocycles. The van der Waals surface area contributed by atoms with Gasteiger partial charge in [-0.2, -0.15) is 0 Å². The van der Waals surface area contributed by atoms with Crippen molar-refractivity contribution >= 4 is 23.4 Å². The largest absolute Gasteiger partial charge is 0.454 e. The van der Waals surface area contributed by atoms with Gasteiger partial charge in [-0.1, -0.05) is 73.5 Å². The van der Waals surface area contributed by atoms with E-state index >= 15 is 0 Å². The van der Waals surface area contributed by atoms with Crippen LogP contribution in [0.4, 0.5) is 0 Å². The predicted molar refractivity (Wildman–Crippen MR) is 145 cm³/mol. The molecule has 4 rings (SSSR count). The first-order chi connectivity index (χ1) is 18.0. The number of aryl methyl sites for hydroxylation is 1. The van der Waals surface area contributed by atoms with E-state index in [9.17, 15) is 9.59 Å². The molecule has 194 valence electrons. The SMILES string of the molecule is CCCCNC(=O)[C@H](Cc1ccccc1)N(Cc1ccc(Cl)cc1)C(=O)CCc1ccc2c(c1)OCO2. The van der Waals surface area contributed by atoms with Crippen molar-refractivity contribution < 1.29 is 19.1 Å². The molecular weight excluding hydrogens is 488 g/mol. The minimum atomic E-state index is -0.640. The number of amides is 2. The molecule has 0 aliphatic carbocycles. The molecule has 3 aromatic carbocycles. The van der Waals surface area contributed by atoms with Crippen LogP contribution in [0.25, 0.3) is 0 Å². The molecule has 1 N–H and O–H groups in total. The van der Waals surface area contributed by atoms with Crippen LogP contribution in [0.3, 0.4) is 0 Å². The lowest BCUT2D eigenvalue weighted by atomic mass is 10.0. The molecule has 37 heavy (non-hydrogen) atoms. The van der Waals surface area contributed by atoms with Gasteiger partial charge in [-0.25, -0.2) is 0 Å². The van der Waals surface area contributed by atoms with Gasteiger partial charge in [-0.05, 0) is 53.8 Å². The van der Waals surface area contributed by atoms with Crippen molar-refractivity contribution in [3.05, 3.63) is 94.5 Å². The number of fused-ring (bicyclic) bond motifs is 1. The summed E-state index contributed by atoms with van der Waals surface area (Å²) in [5.41, 5.74) is 2.90. The summed E-state index contributed by atoms with van der Waals surface area (Å²) in [4.78, 5) is 28.9. The summed E-state index contributed by atoms with van der Waals surface area (Å²) in [6.45, 7) is 3.19. The number of benzene rings is 3. The van der Waals surface area contributed by atoms with Crippen LogP contribution >= 0.6 is 11.6 Å². The van der Waals surface area contributed by atoms with E-state index in [-0.39, 0.29) is 25.0 Å². The highest BCUT2D eigenvalue weighted by Crippen LogP contribution is 2.33. The Labute approximate surface area is 223 Å². The number of halogens is 1. The third-order valence-electron chi connectivity index (χ3n) is 6.43. The Morgan fingerprint density at radius 2 is 1.68 bits per heavy atom. The van der Waals surface area contributed by atoms with Crippen molar-refractivity contribution in [1.29, 1.82) is 0 Å². The van der Waals surface area contributed by atoms with Crippen LogP contribution in [0.5, 0.6) is 11.5 Å². The molecular formula is C30H33ClN2O4. The van der Waals surface area contributed by atoms with Gasteiger partial charge in [0.15, 0.2) is 11.5 Å². The van der Waals surface area contributed by atoms with E-state index in [4.69, 9.17) is 21.1 Å². The summed E-state index contributed by atoms with van der Waals surface area (Å²) in [7, 11) is 0. The quantitative estimate of drug-likeness (QED) is 0.318. The number of nitrogens with zero attached hydrogens (tertiary/aromatic N) is 1. The summed E-state index contributed by atoms with van der Waals surface area (Å²) in [6, 6.07) is 22.3. The molecule has 1 atom stereocenters. The second kappa shape index (κ2) is 13.2. The minimum Gasteiger partial charge on any atom is -0.454 e. The predicted octanol–water partition coefficient (Wildman–Crippen LogP) is 5.56. The zero-order valence-electron chi connectivity index (χ0n) is 21.1. The Morgan fingerprint density at radius 3 is 2.43 bits per heavy atom. The van der Waals surface area contributed by atoms with E-state index in [1.54, 1.807) is 17.0 Å². The maximum absolute atomic E-state index is 13.8. The highest BCUT2D eigenvalue weighted by molar-refractivity contribution is 6.30. The van der Waals surface area contributed by atoms with Gasteiger partial charge >= 0.3 is 0 Å². The van der Waals surface area contributed by atoms with Crippen LogP contribution in [-0.4, -0.2) is 36.1 Å². The molecule has 1 aliphatic rings. The maximum atomic E-state index is 13.8. The number of hydrogen-bond acceptors (Lipinski definition) is 4. The molecule has 0 unspecified atom stereocenters. The van der Waals surface area contributed by atoms with Gasteiger partial charge in [-0.3, -0.25) is 9.59 Å². The molecule has 6 nitrogen and oxygen atoms in total. The Hall–Kier alpha value is -3.51. The molecule has 0 spiro atoms. The molecule has 0 bridgehead atoms. The maximum Gasteiger partial charge on any atom is 0.243 e. The van der Waals surface area contributed by atoms with Crippen LogP contribution in [0.1, 0.15) is 42.9 Å². The van der Waals surface area contributed by atoms with Crippen molar-refractivity contribution in [1.82, 2.24) is 10.2 Å². The van der Waals surface area contributed by atoms with E-state index < -0.39 is 6.04 Å². The van der Waals surface area contributed by atoms with Crippen LogP contribution in [-0.2, 0) is 29.0 Å². The summed E-state index contributed by atoms with van der Waals surface area (Å²) < 4.78 is 10.9. The molecule has 1 aliphatic heterocycles. The Kier molecular flexibility index (Phi) is 9.44. The summed E-state index contributed by atoms with van der Waals surface area (Å²) in [6.07, 6.45) is 3.09. The van der Waals surface area contributed by atoms with Crippen LogP contribution < -0.4 is 14.8 Å². The summed E-state index contributed by atoms with van der Waals surface area (Å²) >= 11 is 6.10. The first-order valence-electron chi connectivity index (χ1n) is 12.8. The third-order valence-corrected chi connectivity index (χ3v) is 6.68. The lowest BCUT2D eigenvalue weighted by molar-refractivity contribution is -0.141. The number of ether oxygens (including phenoxy) is 2. The van der Waals surface area contributed by atoms with Crippen molar-refractivity contribution in [2.75, 3.05) is 13.3 Å². The fourth-order valence-electron chi connectivity index (χ4n) is 4.34. The molecule has 1 heterocycles. The normalized spacial score (nSPS) is 12.7. The van der Waals surface area contributed by atoms with E-state index in [1.165, 1.54) is 0 Å². The zero-order chi connectivity index (χ0) is 26.0. The van der Waals surface area contributed by atoms with Crippen molar-refractivity contribution in [3.8, 4) is 11.5 Å². The second-order valence-corrected chi connectivity index (χ2v) is 9.62. The molecule has 2 amide bonds. The number of nitrogens with one attached hydrogen (secondary N) is 1. The highest BCUT2D eigenvalue weighted by Gasteiger charge is 2.30. The van der Waals surface area contributed by atoms with Crippen molar-refractivity contribution in [2.24, 2.45) is 0 Å². The topological polar surface area (TPSA) is 67.9 Å². The number of carbonyl (C=O) groups excluding carboxylic acids is 2. The Bertz CT molecular complexity index is 1180. The lowest BCUT2D eigenvalue weighted by Crippen LogP contribution is -2.50. The standard InChI is InChI=1S/C30H33ClN2O4/c1-2-3-17-32-30(35)26(18-22-7-5-4-6-8-22)33(20-24-9-13-25(31)14-10-24)29(34)16-12-23-11-15-27-28(19-23)37-21-36-27/h4-11,13-15,19,26H,2-3,12,16-18,20-21H2,1H3,(H,32,35)/t26-/m0/s1. The van der Waals surface area contributed by atoms with Crippen LogP contribution in [0, 0.1) is 0 Å². The van der Waals surface area contributed by atoms with E-state index in [0.29, 0.717) is 42.5 Å². The van der Waals surface area contributed by atoms with Crippen molar-refractivity contribution in [2.45, 2.75) is 51.6 Å². The van der Waals surface area contributed by atoms with Crippen LogP contribution in [0.2, 0.25) is 5.02 Å². The second-order valence-electron chi connectivity index (χ2n) is 9.19. The number of unbranched alkanes of at least 4 members (excludes halogenated alkanes) is 1. The highest BCUT2D eigenvalue weighted by atomic mass is 35.5. The van der Waals surface area contributed by atoms with Gasteiger partial charge in [0.05, 0.1) is 0 Å². The zero-order valence-corrected chi connectivity index (χ0v) is 21.9. The molecule has 0 saturated carbocycles. The molecule has 3 aromatic rings. The molecule has 7 heteroatoms. The molecule has 0 radical (unpaired) electrons. The number of rotatable bonds is 12. The van der Waals surface area contributed by atoms with Gasteiger partial charge in [0.2, 0.25) is 18.6 Å². The first-order valence-corrected chi connectivity index (χ1v) is 13.2. The summed E-state index contributed by atoms with van der Waals surface area (Å²) in [5, 5.41) is 3.68. The third kappa shape index (κ3) is 7.49. The van der Waals surface area contributed by atoms with Crippen LogP contribution in [0.15, 0.2) is 72.8 Å². The van der Waals surface area contributed by atoms with E-state index in [2.05, 4.69) is 12.2 Å². The molecule has 0 fully saturated rings. The summed E-state index contributed by atoms with van der Waals surface area (Å²) in [5.74, 6) is 1.19. The minimum absolute atomic E-state index is 0.0841. The smallest absolute Gasteiger partial charge is 0.243 e. The number of carbonyl (C=O) groups is 2. The molecule has 0 aromatic heterocycles. The van der Waals surface area contributed by atoms with Gasteiger partial charge in [0.1, 0.15) is 6.04 Å².